The molecule has 1 aromatic rings. The van der Waals surface area contributed by atoms with Gasteiger partial charge in [0.1, 0.15) is 5.82 Å². The molecule has 1 aliphatic carbocycles. The highest BCUT2D eigenvalue weighted by atomic mass is 15.2. The first kappa shape index (κ1) is 7.65. The van der Waals surface area contributed by atoms with Gasteiger partial charge in [0.05, 0.1) is 0 Å². The van der Waals surface area contributed by atoms with Crippen LogP contribution >= 0.6 is 0 Å². The van der Waals surface area contributed by atoms with Crippen LogP contribution in [0.5, 0.6) is 0 Å². The molecular weight excluding hydrogens is 150 g/mol. The molecule has 2 rings (SSSR count). The molecule has 2 atom stereocenters. The number of aromatic nitrogens is 2. The fraction of sp³-hybridized carbons (Fsp3) is 0.667. The molecule has 0 aliphatic heterocycles. The van der Waals surface area contributed by atoms with Gasteiger partial charge in [0.2, 0.25) is 0 Å². The third-order valence-corrected chi connectivity index (χ3v) is 2.90. The van der Waals surface area contributed by atoms with Crippen LogP contribution in [0.25, 0.3) is 0 Å². The van der Waals surface area contributed by atoms with Gasteiger partial charge in [0.25, 0.3) is 0 Å². The first-order valence-electron chi connectivity index (χ1n) is 4.54. The number of nitrogen functional groups attached to an aromatic ring is 1. The number of H-pyrrole nitrogens is 1. The fourth-order valence-electron chi connectivity index (χ4n) is 1.84. The molecule has 0 amide bonds. The van der Waals surface area contributed by atoms with E-state index >= 15 is 0 Å². The number of nitrogens with zero attached hydrogens (tertiary/aromatic N) is 1. The molecule has 1 heterocycles. The minimum Gasteiger partial charge on any atom is -0.382 e. The molecule has 12 heavy (non-hydrogen) atoms. The highest BCUT2D eigenvalue weighted by Gasteiger charge is 2.39. The van der Waals surface area contributed by atoms with Gasteiger partial charge in [0.15, 0.2) is 0 Å². The smallest absolute Gasteiger partial charge is 0.148 e. The number of anilines is 1. The maximum absolute atomic E-state index is 5.65. The molecule has 3 N–H and O–H groups in total. The lowest BCUT2D eigenvalue weighted by Gasteiger charge is -1.95. The molecule has 1 fully saturated rings. The zero-order valence-corrected chi connectivity index (χ0v) is 7.59. The normalized spacial score (nSPS) is 27.5. The van der Waals surface area contributed by atoms with Crippen molar-refractivity contribution in [3.05, 3.63) is 11.3 Å². The van der Waals surface area contributed by atoms with E-state index in [2.05, 4.69) is 17.1 Å². The predicted molar refractivity (Wildman–Crippen MR) is 48.9 cm³/mol. The lowest BCUT2D eigenvalue weighted by Crippen LogP contribution is -1.88. The number of hydrogen-bond donors (Lipinski definition) is 2. The van der Waals surface area contributed by atoms with Crippen LogP contribution in [0.1, 0.15) is 36.9 Å². The predicted octanol–water partition coefficient (Wildman–Crippen LogP) is 1.81. The van der Waals surface area contributed by atoms with Gasteiger partial charge in [-0.2, -0.15) is 5.10 Å². The highest BCUT2D eigenvalue weighted by Crippen LogP contribution is 2.49. The summed E-state index contributed by atoms with van der Waals surface area (Å²) < 4.78 is 0. The first-order chi connectivity index (χ1) is 5.74. The van der Waals surface area contributed by atoms with Gasteiger partial charge in [-0.1, -0.05) is 13.3 Å². The summed E-state index contributed by atoms with van der Waals surface area (Å²) in [6.07, 6.45) is 2.57. The van der Waals surface area contributed by atoms with Gasteiger partial charge in [-0.05, 0) is 19.3 Å². The van der Waals surface area contributed by atoms with Crippen molar-refractivity contribution >= 4 is 5.82 Å². The molecular formula is C9H15N3. The van der Waals surface area contributed by atoms with Crippen molar-refractivity contribution in [3.63, 3.8) is 0 Å². The molecule has 0 bridgehead atoms. The van der Waals surface area contributed by atoms with E-state index in [9.17, 15) is 0 Å². The number of nitrogens with one attached hydrogen (secondary N) is 1. The molecule has 1 aromatic heterocycles. The van der Waals surface area contributed by atoms with Crippen LogP contribution in [0.15, 0.2) is 0 Å². The molecule has 1 aliphatic rings. The third kappa shape index (κ3) is 1.00. The summed E-state index contributed by atoms with van der Waals surface area (Å²) in [7, 11) is 0. The minimum absolute atomic E-state index is 0.659. The number of hydrogen-bond acceptors (Lipinski definition) is 2. The third-order valence-electron chi connectivity index (χ3n) is 2.90. The summed E-state index contributed by atoms with van der Waals surface area (Å²) in [5.74, 6) is 2.23. The molecule has 0 spiro atoms. The Bertz CT molecular complexity index is 290. The van der Waals surface area contributed by atoms with Crippen molar-refractivity contribution < 1.29 is 0 Å². The Hall–Kier alpha value is -0.990. The van der Waals surface area contributed by atoms with Crippen molar-refractivity contribution in [2.75, 3.05) is 5.73 Å². The lowest BCUT2D eigenvalue weighted by molar-refractivity contribution is 0.752. The van der Waals surface area contributed by atoms with Gasteiger partial charge >= 0.3 is 0 Å². The van der Waals surface area contributed by atoms with Crippen molar-refractivity contribution in [1.29, 1.82) is 0 Å². The second kappa shape index (κ2) is 2.51. The van der Waals surface area contributed by atoms with Gasteiger partial charge < -0.3 is 5.73 Å². The lowest BCUT2D eigenvalue weighted by atomic mass is 10.1. The molecule has 0 saturated heterocycles. The van der Waals surface area contributed by atoms with Crippen LogP contribution in [0.3, 0.4) is 0 Å². The zero-order valence-electron chi connectivity index (χ0n) is 7.59. The van der Waals surface area contributed by atoms with E-state index in [-0.39, 0.29) is 0 Å². The first-order valence-corrected chi connectivity index (χ1v) is 4.54. The standard InChI is InChI=1S/C9H15N3/c1-3-6-4-7(6)8-5(2)9(10)12-11-8/h6-7H,3-4H2,1-2H3,(H3,10,11,12). The Morgan fingerprint density at radius 2 is 2.42 bits per heavy atom. The molecule has 1 saturated carbocycles. The van der Waals surface area contributed by atoms with Gasteiger partial charge in [-0.15, -0.1) is 0 Å². The monoisotopic (exact) mass is 165 g/mol. The Balaban J connectivity index is 2.20. The SMILES string of the molecule is CCC1CC1c1[nH]nc(N)c1C. The van der Waals surface area contributed by atoms with Crippen molar-refractivity contribution in [2.45, 2.75) is 32.6 Å². The van der Waals surface area contributed by atoms with Crippen molar-refractivity contribution in [3.8, 4) is 0 Å². The highest BCUT2D eigenvalue weighted by molar-refractivity contribution is 5.43. The largest absolute Gasteiger partial charge is 0.382 e. The summed E-state index contributed by atoms with van der Waals surface area (Å²) in [6, 6.07) is 0. The number of aromatic amines is 1. The average Bonchev–Trinajstić information content (AvgIpc) is 2.77. The van der Waals surface area contributed by atoms with Crippen LogP contribution in [-0.2, 0) is 0 Å². The zero-order chi connectivity index (χ0) is 8.72. The number of rotatable bonds is 2. The van der Waals surface area contributed by atoms with E-state index in [1.807, 2.05) is 6.92 Å². The van der Waals surface area contributed by atoms with E-state index in [0.29, 0.717) is 11.7 Å². The molecule has 66 valence electrons. The molecule has 3 nitrogen and oxygen atoms in total. The van der Waals surface area contributed by atoms with Crippen LogP contribution in [0, 0.1) is 12.8 Å². The minimum atomic E-state index is 0.659. The van der Waals surface area contributed by atoms with E-state index < -0.39 is 0 Å². The average molecular weight is 165 g/mol. The Labute approximate surface area is 72.4 Å². The van der Waals surface area contributed by atoms with Crippen molar-refractivity contribution in [2.24, 2.45) is 5.92 Å². The fourth-order valence-corrected chi connectivity index (χ4v) is 1.84. The summed E-state index contributed by atoms with van der Waals surface area (Å²) in [6.45, 7) is 4.28. The molecule has 0 aromatic carbocycles. The summed E-state index contributed by atoms with van der Waals surface area (Å²) in [5, 5.41) is 7.02. The van der Waals surface area contributed by atoms with Crippen LogP contribution < -0.4 is 5.73 Å². The number of nitrogens with two attached hydrogens (primary N) is 1. The van der Waals surface area contributed by atoms with E-state index in [0.717, 1.165) is 11.5 Å². The van der Waals surface area contributed by atoms with Crippen LogP contribution in [-0.4, -0.2) is 10.2 Å². The van der Waals surface area contributed by atoms with Gasteiger partial charge in [-0.3, -0.25) is 5.10 Å². The maximum Gasteiger partial charge on any atom is 0.148 e. The molecule has 3 heteroatoms. The summed E-state index contributed by atoms with van der Waals surface area (Å²) in [4.78, 5) is 0. The molecule has 2 unspecified atom stereocenters. The Morgan fingerprint density at radius 1 is 1.67 bits per heavy atom. The second-order valence-electron chi connectivity index (χ2n) is 3.66. The van der Waals surface area contributed by atoms with Crippen molar-refractivity contribution in [1.82, 2.24) is 10.2 Å². The van der Waals surface area contributed by atoms with E-state index in [4.69, 9.17) is 5.73 Å². The summed E-state index contributed by atoms with van der Waals surface area (Å²) >= 11 is 0. The molecule has 0 radical (unpaired) electrons. The second-order valence-corrected chi connectivity index (χ2v) is 3.66. The van der Waals surface area contributed by atoms with Crippen LogP contribution in [0.2, 0.25) is 0 Å². The Morgan fingerprint density at radius 3 is 2.83 bits per heavy atom. The van der Waals surface area contributed by atoms with E-state index in [1.165, 1.54) is 18.5 Å². The maximum atomic E-state index is 5.65. The summed E-state index contributed by atoms with van der Waals surface area (Å²) in [5.41, 5.74) is 8.06. The quantitative estimate of drug-likeness (QED) is 0.702. The van der Waals surface area contributed by atoms with Crippen LogP contribution in [0.4, 0.5) is 5.82 Å². The Kier molecular flexibility index (Phi) is 1.60. The van der Waals surface area contributed by atoms with Gasteiger partial charge in [0, 0.05) is 17.2 Å². The van der Waals surface area contributed by atoms with E-state index in [1.54, 1.807) is 0 Å². The topological polar surface area (TPSA) is 54.7 Å². The van der Waals surface area contributed by atoms with Gasteiger partial charge in [-0.25, -0.2) is 0 Å².